The molecule has 1 amide bonds. The minimum Gasteiger partial charge on any atom is -0.338 e. The minimum absolute atomic E-state index is 0.327. The van der Waals surface area contributed by atoms with Gasteiger partial charge in [-0.1, -0.05) is 0 Å². The van der Waals surface area contributed by atoms with Gasteiger partial charge in [-0.25, -0.2) is 4.98 Å². The van der Waals surface area contributed by atoms with Gasteiger partial charge in [0, 0.05) is 70.0 Å². The van der Waals surface area contributed by atoms with Crippen LogP contribution in [-0.2, 0) is 17.9 Å². The predicted octanol–water partition coefficient (Wildman–Crippen LogP) is 2.49. The average molecular weight is 367 g/mol. The first kappa shape index (κ1) is 18.2. The molecule has 3 fully saturated rings. The maximum Gasteiger partial charge on any atom is 0.222 e. The number of amides is 1. The van der Waals surface area contributed by atoms with Crippen LogP contribution in [0.5, 0.6) is 0 Å². The van der Waals surface area contributed by atoms with E-state index in [1.54, 1.807) is 0 Å². The lowest BCUT2D eigenvalue weighted by Gasteiger charge is -2.36. The molecule has 2 aromatic heterocycles. The van der Waals surface area contributed by atoms with E-state index in [0.29, 0.717) is 24.3 Å². The number of pyridine rings is 1. The molecule has 3 aliphatic rings. The topological polar surface area (TPSA) is 54.3 Å². The first-order valence-electron chi connectivity index (χ1n) is 10.1. The van der Waals surface area contributed by atoms with Crippen molar-refractivity contribution in [1.82, 2.24) is 24.3 Å². The van der Waals surface area contributed by atoms with Gasteiger partial charge in [0.1, 0.15) is 5.82 Å². The normalized spacial score (nSPS) is 22.8. The van der Waals surface area contributed by atoms with Crippen LogP contribution in [0.1, 0.15) is 37.1 Å². The molecule has 144 valence electrons. The zero-order valence-corrected chi connectivity index (χ0v) is 16.1. The van der Waals surface area contributed by atoms with E-state index in [-0.39, 0.29) is 0 Å². The molecule has 0 unspecified atom stereocenters. The summed E-state index contributed by atoms with van der Waals surface area (Å²) in [6.07, 6.45) is 11.4. The summed E-state index contributed by atoms with van der Waals surface area (Å²) in [6, 6.07) is 4.55. The van der Waals surface area contributed by atoms with Gasteiger partial charge in [-0.3, -0.25) is 14.7 Å². The third-order valence-corrected chi connectivity index (χ3v) is 5.98. The molecule has 27 heavy (non-hydrogen) atoms. The maximum atomic E-state index is 12.9. The van der Waals surface area contributed by atoms with E-state index in [1.807, 2.05) is 31.7 Å². The Hall–Kier alpha value is -2.21. The number of piperidine rings is 1. The van der Waals surface area contributed by atoms with Crippen molar-refractivity contribution in [2.24, 2.45) is 5.92 Å². The number of aromatic nitrogens is 3. The molecule has 0 aliphatic carbocycles. The molecule has 2 atom stereocenters. The molecule has 0 aromatic carbocycles. The summed E-state index contributed by atoms with van der Waals surface area (Å²) in [5.74, 6) is 1.95. The lowest BCUT2D eigenvalue weighted by Crippen LogP contribution is -2.47. The second kappa shape index (κ2) is 8.21. The number of hydrogen-bond donors (Lipinski definition) is 0. The smallest absolute Gasteiger partial charge is 0.222 e. The molecule has 6 nitrogen and oxygen atoms in total. The molecule has 3 aliphatic heterocycles. The number of hydrogen-bond acceptors (Lipinski definition) is 4. The lowest BCUT2D eigenvalue weighted by molar-refractivity contribution is -0.135. The summed E-state index contributed by atoms with van der Waals surface area (Å²) in [6.45, 7) is 6.85. The molecule has 5 heterocycles. The Labute approximate surface area is 161 Å². The molecular weight excluding hydrogens is 338 g/mol. The van der Waals surface area contributed by atoms with E-state index in [4.69, 9.17) is 0 Å². The van der Waals surface area contributed by atoms with E-state index in [0.717, 1.165) is 51.4 Å². The number of aryl methyl sites for hydroxylation is 2. The minimum atomic E-state index is 0.327. The van der Waals surface area contributed by atoms with Gasteiger partial charge in [-0.2, -0.15) is 0 Å². The zero-order chi connectivity index (χ0) is 18.6. The van der Waals surface area contributed by atoms with E-state index >= 15 is 0 Å². The summed E-state index contributed by atoms with van der Waals surface area (Å²) in [4.78, 5) is 26.0. The van der Waals surface area contributed by atoms with Crippen molar-refractivity contribution in [1.29, 1.82) is 0 Å². The highest BCUT2D eigenvalue weighted by atomic mass is 16.2. The van der Waals surface area contributed by atoms with Crippen LogP contribution < -0.4 is 0 Å². The Morgan fingerprint density at radius 1 is 1.15 bits per heavy atom. The third-order valence-electron chi connectivity index (χ3n) is 5.98. The second-order valence-corrected chi connectivity index (χ2v) is 7.96. The first-order chi connectivity index (χ1) is 13.2. The van der Waals surface area contributed by atoms with Gasteiger partial charge in [0.05, 0.1) is 0 Å². The summed E-state index contributed by atoms with van der Waals surface area (Å²) >= 11 is 0. The van der Waals surface area contributed by atoms with E-state index < -0.39 is 0 Å². The molecule has 2 aromatic rings. The Morgan fingerprint density at radius 3 is 2.78 bits per heavy atom. The van der Waals surface area contributed by atoms with Gasteiger partial charge in [0.15, 0.2) is 0 Å². The zero-order valence-electron chi connectivity index (χ0n) is 16.1. The Morgan fingerprint density at radius 2 is 2.00 bits per heavy atom. The van der Waals surface area contributed by atoms with Crippen LogP contribution in [-0.4, -0.2) is 55.9 Å². The van der Waals surface area contributed by atoms with E-state index in [1.165, 1.54) is 12.0 Å². The average Bonchev–Trinajstić information content (AvgIpc) is 2.89. The standard InChI is InChI=1S/C21H29N5O/c1-17-23-10-12-25(17)11-2-3-21(27)26-15-19-4-5-20(26)16-24(14-19)13-18-6-8-22-9-7-18/h6-10,12,19-20H,2-5,11,13-16H2,1H3/t19-,20+/m1/s1. The molecule has 3 saturated heterocycles. The number of nitrogens with zero attached hydrogens (tertiary/aromatic N) is 5. The van der Waals surface area contributed by atoms with Gasteiger partial charge in [-0.05, 0) is 49.8 Å². The fraction of sp³-hybridized carbons (Fsp3) is 0.571. The third kappa shape index (κ3) is 4.38. The number of imidazole rings is 1. The quantitative estimate of drug-likeness (QED) is 0.787. The summed E-state index contributed by atoms with van der Waals surface area (Å²) in [5.41, 5.74) is 1.31. The van der Waals surface area contributed by atoms with Crippen LogP contribution in [0.25, 0.3) is 0 Å². The molecule has 0 saturated carbocycles. The van der Waals surface area contributed by atoms with Gasteiger partial charge in [-0.15, -0.1) is 0 Å². The van der Waals surface area contributed by atoms with Crippen LogP contribution >= 0.6 is 0 Å². The lowest BCUT2D eigenvalue weighted by atomic mass is 9.94. The van der Waals surface area contributed by atoms with E-state index in [2.05, 4.69) is 36.5 Å². The molecular formula is C21H29N5O. The number of carbonyl (C=O) groups is 1. The monoisotopic (exact) mass is 367 g/mol. The molecule has 5 rings (SSSR count). The van der Waals surface area contributed by atoms with Gasteiger partial charge in [0.25, 0.3) is 0 Å². The fourth-order valence-corrected chi connectivity index (χ4v) is 4.54. The van der Waals surface area contributed by atoms with Crippen molar-refractivity contribution in [3.63, 3.8) is 0 Å². The molecule has 0 N–H and O–H groups in total. The molecule has 6 heteroatoms. The van der Waals surface area contributed by atoms with Crippen molar-refractivity contribution < 1.29 is 4.79 Å². The maximum absolute atomic E-state index is 12.9. The second-order valence-electron chi connectivity index (χ2n) is 7.96. The van der Waals surface area contributed by atoms with Crippen LogP contribution in [0.4, 0.5) is 0 Å². The van der Waals surface area contributed by atoms with Crippen molar-refractivity contribution in [3.05, 3.63) is 48.3 Å². The number of fused-ring (bicyclic) bond motifs is 4. The SMILES string of the molecule is Cc1nccn1CCCC(=O)N1C[C@@H]2CC[C@H]1CN(Cc1ccncc1)C2. The van der Waals surface area contributed by atoms with E-state index in [9.17, 15) is 4.79 Å². The van der Waals surface area contributed by atoms with Crippen molar-refractivity contribution in [2.75, 3.05) is 19.6 Å². The molecule has 0 spiro atoms. The van der Waals surface area contributed by atoms with Crippen molar-refractivity contribution >= 4 is 5.91 Å². The first-order valence-corrected chi connectivity index (χ1v) is 10.1. The van der Waals surface area contributed by atoms with Crippen LogP contribution in [0.3, 0.4) is 0 Å². The fourth-order valence-electron chi connectivity index (χ4n) is 4.54. The van der Waals surface area contributed by atoms with Crippen molar-refractivity contribution in [3.8, 4) is 0 Å². The Balaban J connectivity index is 1.33. The van der Waals surface area contributed by atoms with Crippen LogP contribution in [0, 0.1) is 12.8 Å². The summed E-state index contributed by atoms with van der Waals surface area (Å²) < 4.78 is 2.12. The van der Waals surface area contributed by atoms with Gasteiger partial charge >= 0.3 is 0 Å². The number of carbonyl (C=O) groups excluding carboxylic acids is 1. The van der Waals surface area contributed by atoms with Crippen LogP contribution in [0.15, 0.2) is 36.9 Å². The number of rotatable bonds is 6. The molecule has 2 bridgehead atoms. The van der Waals surface area contributed by atoms with Crippen LogP contribution in [0.2, 0.25) is 0 Å². The predicted molar refractivity (Wildman–Crippen MR) is 104 cm³/mol. The highest BCUT2D eigenvalue weighted by Gasteiger charge is 2.36. The Kier molecular flexibility index (Phi) is 5.53. The van der Waals surface area contributed by atoms with Gasteiger partial charge < -0.3 is 9.47 Å². The highest BCUT2D eigenvalue weighted by molar-refractivity contribution is 5.76. The Bertz CT molecular complexity index is 759. The summed E-state index contributed by atoms with van der Waals surface area (Å²) in [7, 11) is 0. The van der Waals surface area contributed by atoms with Crippen molar-refractivity contribution in [2.45, 2.75) is 51.7 Å². The largest absolute Gasteiger partial charge is 0.338 e. The highest BCUT2D eigenvalue weighted by Crippen LogP contribution is 2.29. The summed E-state index contributed by atoms with van der Waals surface area (Å²) in [5, 5.41) is 0. The van der Waals surface area contributed by atoms with Gasteiger partial charge in [0.2, 0.25) is 5.91 Å². The molecule has 0 radical (unpaired) electrons.